The minimum absolute atomic E-state index is 0.172. The Hall–Kier alpha value is -2.80. The molecule has 3 N–H and O–H groups in total. The Morgan fingerprint density at radius 2 is 1.57 bits per heavy atom. The molecule has 2 aromatic carbocycles. The molecule has 118 valence electrons. The Bertz CT molecular complexity index is 919. The van der Waals surface area contributed by atoms with Gasteiger partial charge in [-0.25, -0.2) is 13.1 Å². The molecule has 0 bridgehead atoms. The molecule has 3 aromatic rings. The van der Waals surface area contributed by atoms with Gasteiger partial charge in [0, 0.05) is 0 Å². The highest BCUT2D eigenvalue weighted by molar-refractivity contribution is 7.92. The van der Waals surface area contributed by atoms with Crippen LogP contribution in [-0.4, -0.2) is 18.2 Å². The fraction of sp³-hybridized carbons (Fsp3) is 0.0625. The third-order valence-corrected chi connectivity index (χ3v) is 4.75. The molecule has 0 amide bonds. The number of benzene rings is 2. The van der Waals surface area contributed by atoms with Gasteiger partial charge >= 0.3 is 0 Å². The van der Waals surface area contributed by atoms with Gasteiger partial charge in [-0.1, -0.05) is 36.4 Å². The summed E-state index contributed by atoms with van der Waals surface area (Å²) in [4.78, 5) is 0.172. The molecule has 0 saturated carbocycles. The van der Waals surface area contributed by atoms with Crippen LogP contribution < -0.4 is 10.5 Å². The third kappa shape index (κ3) is 2.91. The van der Waals surface area contributed by atoms with Crippen LogP contribution in [0.5, 0.6) is 0 Å². The predicted octanol–water partition coefficient (Wildman–Crippen LogP) is 2.56. The number of nitrogens with zero attached hydrogens (tertiary/aromatic N) is 2. The van der Waals surface area contributed by atoms with Crippen molar-refractivity contribution in [2.24, 2.45) is 0 Å². The number of rotatable bonds is 4. The molecule has 0 aliphatic carbocycles. The topological polar surface area (TPSA) is 90.0 Å². The lowest BCUT2D eigenvalue weighted by atomic mass is 10.3. The van der Waals surface area contributed by atoms with Crippen molar-refractivity contribution < 1.29 is 8.42 Å². The first kappa shape index (κ1) is 15.1. The maximum Gasteiger partial charge on any atom is 0.262 e. The predicted molar refractivity (Wildman–Crippen MR) is 90.0 cm³/mol. The quantitative estimate of drug-likeness (QED) is 0.770. The molecule has 0 unspecified atom stereocenters. The molecule has 0 aliphatic heterocycles. The maximum atomic E-state index is 12.4. The van der Waals surface area contributed by atoms with Crippen LogP contribution in [0.15, 0.2) is 65.6 Å². The Morgan fingerprint density at radius 1 is 1.00 bits per heavy atom. The SMILES string of the molecule is Cc1nn(-c2ccccc2)c(N)c1NS(=O)(=O)c1ccccc1. The van der Waals surface area contributed by atoms with Gasteiger partial charge in [-0.15, -0.1) is 0 Å². The molecule has 0 radical (unpaired) electrons. The normalized spacial score (nSPS) is 11.3. The van der Waals surface area contributed by atoms with Crippen LogP contribution >= 0.6 is 0 Å². The number of aryl methyl sites for hydroxylation is 1. The van der Waals surface area contributed by atoms with Crippen LogP contribution in [-0.2, 0) is 10.0 Å². The van der Waals surface area contributed by atoms with E-state index in [0.29, 0.717) is 5.69 Å². The van der Waals surface area contributed by atoms with Crippen molar-refractivity contribution in [2.75, 3.05) is 10.5 Å². The zero-order valence-electron chi connectivity index (χ0n) is 12.5. The van der Waals surface area contributed by atoms with Crippen LogP contribution in [0.2, 0.25) is 0 Å². The number of hydrogen-bond acceptors (Lipinski definition) is 4. The highest BCUT2D eigenvalue weighted by atomic mass is 32.2. The molecule has 0 spiro atoms. The fourth-order valence-electron chi connectivity index (χ4n) is 2.23. The maximum absolute atomic E-state index is 12.4. The number of nitrogens with two attached hydrogens (primary N) is 1. The summed E-state index contributed by atoms with van der Waals surface area (Å²) in [6, 6.07) is 17.4. The number of para-hydroxylation sites is 1. The molecule has 0 atom stereocenters. The van der Waals surface area contributed by atoms with E-state index in [-0.39, 0.29) is 16.4 Å². The third-order valence-electron chi connectivity index (χ3n) is 3.39. The van der Waals surface area contributed by atoms with Gasteiger partial charge in [-0.2, -0.15) is 5.10 Å². The largest absolute Gasteiger partial charge is 0.382 e. The average molecular weight is 328 g/mol. The molecule has 1 heterocycles. The van der Waals surface area contributed by atoms with E-state index in [9.17, 15) is 8.42 Å². The van der Waals surface area contributed by atoms with E-state index in [1.807, 2.05) is 30.3 Å². The van der Waals surface area contributed by atoms with Crippen LogP contribution in [0.1, 0.15) is 5.69 Å². The van der Waals surface area contributed by atoms with Crippen molar-refractivity contribution in [1.82, 2.24) is 9.78 Å². The van der Waals surface area contributed by atoms with E-state index in [4.69, 9.17) is 5.73 Å². The standard InChI is InChI=1S/C16H16N4O2S/c1-12-15(19-23(21,22)14-10-6-3-7-11-14)16(17)20(18-12)13-8-4-2-5-9-13/h2-11,19H,17H2,1H3. The lowest BCUT2D eigenvalue weighted by Gasteiger charge is -2.08. The second-order valence-electron chi connectivity index (χ2n) is 5.01. The summed E-state index contributed by atoms with van der Waals surface area (Å²) < 4.78 is 28.9. The first-order valence-electron chi connectivity index (χ1n) is 6.97. The summed E-state index contributed by atoms with van der Waals surface area (Å²) in [5, 5.41) is 4.32. The number of nitrogen functional groups attached to an aromatic ring is 1. The molecule has 3 rings (SSSR count). The molecular weight excluding hydrogens is 312 g/mol. The number of sulfonamides is 1. The second-order valence-corrected chi connectivity index (χ2v) is 6.69. The summed E-state index contributed by atoms with van der Waals surface area (Å²) in [6.45, 7) is 1.71. The van der Waals surface area contributed by atoms with E-state index in [2.05, 4.69) is 9.82 Å². The zero-order valence-corrected chi connectivity index (χ0v) is 13.3. The summed E-state index contributed by atoms with van der Waals surface area (Å²) in [7, 11) is -3.71. The average Bonchev–Trinajstić information content (AvgIpc) is 2.84. The first-order valence-corrected chi connectivity index (χ1v) is 8.46. The van der Waals surface area contributed by atoms with Crippen LogP contribution in [0.25, 0.3) is 5.69 Å². The van der Waals surface area contributed by atoms with Gasteiger partial charge < -0.3 is 5.73 Å². The highest BCUT2D eigenvalue weighted by Gasteiger charge is 2.20. The molecule has 0 aliphatic rings. The highest BCUT2D eigenvalue weighted by Crippen LogP contribution is 2.28. The molecular formula is C16H16N4O2S. The van der Waals surface area contributed by atoms with Crippen molar-refractivity contribution in [3.8, 4) is 5.69 Å². The van der Waals surface area contributed by atoms with E-state index >= 15 is 0 Å². The zero-order chi connectivity index (χ0) is 16.4. The number of nitrogens with one attached hydrogen (secondary N) is 1. The first-order chi connectivity index (χ1) is 11.0. The van der Waals surface area contributed by atoms with Crippen LogP contribution in [0.3, 0.4) is 0 Å². The van der Waals surface area contributed by atoms with Gasteiger partial charge in [0.05, 0.1) is 16.3 Å². The van der Waals surface area contributed by atoms with Gasteiger partial charge in [0.2, 0.25) is 0 Å². The molecule has 0 saturated heterocycles. The van der Waals surface area contributed by atoms with Crippen molar-refractivity contribution in [1.29, 1.82) is 0 Å². The van der Waals surface area contributed by atoms with Crippen LogP contribution in [0.4, 0.5) is 11.5 Å². The van der Waals surface area contributed by atoms with Crippen molar-refractivity contribution in [2.45, 2.75) is 11.8 Å². The Kier molecular flexibility index (Phi) is 3.79. The van der Waals surface area contributed by atoms with Gasteiger partial charge in [0.1, 0.15) is 5.69 Å². The lowest BCUT2D eigenvalue weighted by Crippen LogP contribution is -2.14. The van der Waals surface area contributed by atoms with E-state index in [1.165, 1.54) is 16.8 Å². The molecule has 1 aromatic heterocycles. The molecule has 6 nitrogen and oxygen atoms in total. The lowest BCUT2D eigenvalue weighted by molar-refractivity contribution is 0.601. The Balaban J connectivity index is 2.01. The van der Waals surface area contributed by atoms with Crippen molar-refractivity contribution in [3.05, 3.63) is 66.4 Å². The van der Waals surface area contributed by atoms with Gasteiger partial charge in [-0.05, 0) is 31.2 Å². The van der Waals surface area contributed by atoms with E-state index in [0.717, 1.165) is 5.69 Å². The summed E-state index contributed by atoms with van der Waals surface area (Å²) >= 11 is 0. The van der Waals surface area contributed by atoms with Gasteiger partial charge in [0.15, 0.2) is 5.82 Å². The minimum atomic E-state index is -3.71. The summed E-state index contributed by atoms with van der Waals surface area (Å²) in [5.74, 6) is 0.244. The van der Waals surface area contributed by atoms with Gasteiger partial charge in [0.25, 0.3) is 10.0 Å². The van der Waals surface area contributed by atoms with Gasteiger partial charge in [-0.3, -0.25) is 4.72 Å². The summed E-state index contributed by atoms with van der Waals surface area (Å²) in [6.07, 6.45) is 0. The smallest absolute Gasteiger partial charge is 0.262 e. The summed E-state index contributed by atoms with van der Waals surface area (Å²) in [5.41, 5.74) is 7.65. The van der Waals surface area contributed by atoms with Crippen molar-refractivity contribution in [3.63, 3.8) is 0 Å². The van der Waals surface area contributed by atoms with Crippen LogP contribution in [0, 0.1) is 6.92 Å². The fourth-order valence-corrected chi connectivity index (χ4v) is 3.38. The second kappa shape index (κ2) is 5.77. The minimum Gasteiger partial charge on any atom is -0.382 e. The number of hydrogen-bond donors (Lipinski definition) is 2. The Labute approximate surface area is 134 Å². The molecule has 23 heavy (non-hydrogen) atoms. The van der Waals surface area contributed by atoms with E-state index in [1.54, 1.807) is 25.1 Å². The molecule has 0 fully saturated rings. The Morgan fingerprint density at radius 3 is 2.17 bits per heavy atom. The number of aromatic nitrogens is 2. The monoisotopic (exact) mass is 328 g/mol. The number of anilines is 2. The van der Waals surface area contributed by atoms with Crippen molar-refractivity contribution >= 4 is 21.5 Å². The van der Waals surface area contributed by atoms with E-state index < -0.39 is 10.0 Å². The molecule has 7 heteroatoms.